The molecule has 0 unspecified atom stereocenters. The second kappa shape index (κ2) is 5.67. The summed E-state index contributed by atoms with van der Waals surface area (Å²) in [6.07, 6.45) is 1.02. The maximum absolute atomic E-state index is 11.5. The molecule has 1 aromatic rings. The number of carbonyl (C=O) groups is 1. The molecule has 0 saturated heterocycles. The summed E-state index contributed by atoms with van der Waals surface area (Å²) >= 11 is 0. The Hall–Kier alpha value is -1.57. The van der Waals surface area contributed by atoms with Crippen molar-refractivity contribution >= 4 is 11.5 Å². The van der Waals surface area contributed by atoms with Crippen LogP contribution in [0.25, 0.3) is 5.57 Å². The monoisotopic (exact) mass is 232 g/mol. The molecule has 0 atom stereocenters. The van der Waals surface area contributed by atoms with E-state index >= 15 is 0 Å². The van der Waals surface area contributed by atoms with Gasteiger partial charge in [0.15, 0.2) is 0 Å². The van der Waals surface area contributed by atoms with Gasteiger partial charge in [-0.2, -0.15) is 0 Å². The second-order valence-corrected chi connectivity index (χ2v) is 5.06. The van der Waals surface area contributed by atoms with Gasteiger partial charge in [0.05, 0.1) is 0 Å². The van der Waals surface area contributed by atoms with Gasteiger partial charge >= 0.3 is 5.97 Å². The third-order valence-corrected chi connectivity index (χ3v) is 2.23. The van der Waals surface area contributed by atoms with Crippen LogP contribution in [0.4, 0.5) is 0 Å². The van der Waals surface area contributed by atoms with Crippen LogP contribution in [0.1, 0.15) is 39.2 Å². The summed E-state index contributed by atoms with van der Waals surface area (Å²) in [5, 5.41) is 0. The van der Waals surface area contributed by atoms with E-state index in [2.05, 4.69) is 6.58 Å². The highest BCUT2D eigenvalue weighted by atomic mass is 16.6. The highest BCUT2D eigenvalue weighted by molar-refractivity contribution is 5.74. The molecule has 0 N–H and O–H groups in total. The SMILES string of the molecule is C=C(CCC(=O)OC(C)(C)C)c1ccccc1. The molecule has 0 spiro atoms. The summed E-state index contributed by atoms with van der Waals surface area (Å²) in [6, 6.07) is 9.89. The first-order chi connectivity index (χ1) is 7.88. The predicted octanol–water partition coefficient (Wildman–Crippen LogP) is 3.82. The van der Waals surface area contributed by atoms with Crippen LogP contribution in [-0.4, -0.2) is 11.6 Å². The number of hydrogen-bond donors (Lipinski definition) is 0. The van der Waals surface area contributed by atoms with Crippen LogP contribution in [0.2, 0.25) is 0 Å². The first-order valence-electron chi connectivity index (χ1n) is 5.83. The van der Waals surface area contributed by atoms with Crippen molar-refractivity contribution in [2.45, 2.75) is 39.2 Å². The van der Waals surface area contributed by atoms with E-state index in [1.54, 1.807) is 0 Å². The fourth-order valence-electron chi connectivity index (χ4n) is 1.46. The number of carbonyl (C=O) groups excluding carboxylic acids is 1. The molecule has 0 saturated carbocycles. The van der Waals surface area contributed by atoms with Gasteiger partial charge in [-0.3, -0.25) is 4.79 Å². The lowest BCUT2D eigenvalue weighted by Gasteiger charge is -2.19. The van der Waals surface area contributed by atoms with Crippen LogP contribution >= 0.6 is 0 Å². The minimum atomic E-state index is -0.412. The largest absolute Gasteiger partial charge is 0.460 e. The van der Waals surface area contributed by atoms with Gasteiger partial charge in [0.1, 0.15) is 5.60 Å². The molecule has 0 radical (unpaired) electrons. The van der Waals surface area contributed by atoms with Crippen LogP contribution in [0, 0.1) is 0 Å². The van der Waals surface area contributed by atoms with E-state index < -0.39 is 5.60 Å². The fourth-order valence-corrected chi connectivity index (χ4v) is 1.46. The molecule has 0 fully saturated rings. The van der Waals surface area contributed by atoms with Crippen LogP contribution < -0.4 is 0 Å². The van der Waals surface area contributed by atoms with Crippen molar-refractivity contribution < 1.29 is 9.53 Å². The van der Waals surface area contributed by atoms with E-state index in [4.69, 9.17) is 4.74 Å². The quantitative estimate of drug-likeness (QED) is 0.738. The molecule has 1 aromatic carbocycles. The van der Waals surface area contributed by atoms with Gasteiger partial charge in [0.25, 0.3) is 0 Å². The van der Waals surface area contributed by atoms with Gasteiger partial charge in [0, 0.05) is 6.42 Å². The van der Waals surface area contributed by atoms with E-state index in [9.17, 15) is 4.79 Å². The second-order valence-electron chi connectivity index (χ2n) is 5.06. The zero-order valence-electron chi connectivity index (χ0n) is 10.8. The lowest BCUT2D eigenvalue weighted by atomic mass is 10.0. The lowest BCUT2D eigenvalue weighted by molar-refractivity contribution is -0.154. The molecular formula is C15H20O2. The summed E-state index contributed by atoms with van der Waals surface area (Å²) in [4.78, 5) is 11.5. The molecule has 0 aliphatic rings. The molecule has 0 aromatic heterocycles. The number of ether oxygens (including phenoxy) is 1. The molecule has 1 rings (SSSR count). The average Bonchev–Trinajstić information content (AvgIpc) is 2.25. The maximum Gasteiger partial charge on any atom is 0.306 e. The van der Waals surface area contributed by atoms with Crippen molar-refractivity contribution in [2.75, 3.05) is 0 Å². The van der Waals surface area contributed by atoms with Crippen molar-refractivity contribution in [2.24, 2.45) is 0 Å². The predicted molar refractivity (Wildman–Crippen MR) is 70.6 cm³/mol. The Kier molecular flexibility index (Phi) is 4.50. The normalized spacial score (nSPS) is 11.0. The third kappa shape index (κ3) is 5.34. The molecule has 2 heteroatoms. The van der Waals surface area contributed by atoms with Crippen molar-refractivity contribution in [1.29, 1.82) is 0 Å². The van der Waals surface area contributed by atoms with Gasteiger partial charge in [-0.15, -0.1) is 0 Å². The Morgan fingerprint density at radius 1 is 1.18 bits per heavy atom. The Bertz CT molecular complexity index is 385. The highest BCUT2D eigenvalue weighted by Crippen LogP contribution is 2.18. The molecule has 0 aliphatic heterocycles. The van der Waals surface area contributed by atoms with Crippen molar-refractivity contribution in [1.82, 2.24) is 0 Å². The number of allylic oxidation sites excluding steroid dienone is 1. The van der Waals surface area contributed by atoms with Crippen LogP contribution in [-0.2, 0) is 9.53 Å². The Morgan fingerprint density at radius 2 is 1.76 bits per heavy atom. The maximum atomic E-state index is 11.5. The van der Waals surface area contributed by atoms with E-state index in [0.29, 0.717) is 12.8 Å². The molecule has 17 heavy (non-hydrogen) atoms. The Balaban J connectivity index is 2.42. The first kappa shape index (κ1) is 13.5. The van der Waals surface area contributed by atoms with Gasteiger partial charge in [0.2, 0.25) is 0 Å². The summed E-state index contributed by atoms with van der Waals surface area (Å²) in [5.74, 6) is -0.172. The summed E-state index contributed by atoms with van der Waals surface area (Å²) in [5.41, 5.74) is 1.64. The van der Waals surface area contributed by atoms with E-state index in [0.717, 1.165) is 11.1 Å². The number of benzene rings is 1. The van der Waals surface area contributed by atoms with Crippen molar-refractivity contribution in [3.05, 3.63) is 42.5 Å². The topological polar surface area (TPSA) is 26.3 Å². The Labute approximate surface area is 103 Å². The highest BCUT2D eigenvalue weighted by Gasteiger charge is 2.16. The minimum absolute atomic E-state index is 0.172. The average molecular weight is 232 g/mol. The van der Waals surface area contributed by atoms with Crippen molar-refractivity contribution in [3.8, 4) is 0 Å². The van der Waals surface area contributed by atoms with E-state index in [1.165, 1.54) is 0 Å². The zero-order chi connectivity index (χ0) is 12.9. The number of rotatable bonds is 4. The molecule has 0 aliphatic carbocycles. The van der Waals surface area contributed by atoms with E-state index in [1.807, 2.05) is 51.1 Å². The number of esters is 1. The van der Waals surface area contributed by atoms with Gasteiger partial charge < -0.3 is 4.74 Å². The number of hydrogen-bond acceptors (Lipinski definition) is 2. The lowest BCUT2D eigenvalue weighted by Crippen LogP contribution is -2.23. The molecular weight excluding hydrogens is 212 g/mol. The van der Waals surface area contributed by atoms with Crippen molar-refractivity contribution in [3.63, 3.8) is 0 Å². The van der Waals surface area contributed by atoms with Crippen LogP contribution in [0.5, 0.6) is 0 Å². The zero-order valence-corrected chi connectivity index (χ0v) is 10.8. The third-order valence-electron chi connectivity index (χ3n) is 2.23. The smallest absolute Gasteiger partial charge is 0.306 e. The van der Waals surface area contributed by atoms with Crippen LogP contribution in [0.3, 0.4) is 0 Å². The van der Waals surface area contributed by atoms with Gasteiger partial charge in [-0.05, 0) is 38.3 Å². The Morgan fingerprint density at radius 3 is 2.29 bits per heavy atom. The summed E-state index contributed by atoms with van der Waals surface area (Å²) in [6.45, 7) is 9.60. The molecule has 0 heterocycles. The summed E-state index contributed by atoms with van der Waals surface area (Å²) in [7, 11) is 0. The van der Waals surface area contributed by atoms with Gasteiger partial charge in [-0.1, -0.05) is 36.9 Å². The summed E-state index contributed by atoms with van der Waals surface area (Å²) < 4.78 is 5.24. The molecule has 2 nitrogen and oxygen atoms in total. The standard InChI is InChI=1S/C15H20O2/c1-12(13-8-6-5-7-9-13)10-11-14(16)17-15(2,3)4/h5-9H,1,10-11H2,2-4H3. The van der Waals surface area contributed by atoms with Gasteiger partial charge in [-0.25, -0.2) is 0 Å². The molecule has 92 valence electrons. The van der Waals surface area contributed by atoms with E-state index in [-0.39, 0.29) is 5.97 Å². The minimum Gasteiger partial charge on any atom is -0.460 e. The first-order valence-corrected chi connectivity index (χ1v) is 5.83. The fraction of sp³-hybridized carbons (Fsp3) is 0.400. The molecule has 0 amide bonds. The van der Waals surface area contributed by atoms with Crippen LogP contribution in [0.15, 0.2) is 36.9 Å². The molecule has 0 bridgehead atoms.